The van der Waals surface area contributed by atoms with Gasteiger partial charge in [0.1, 0.15) is 11.7 Å². The molecular weight excluding hydrogens is 204 g/mol. The van der Waals surface area contributed by atoms with E-state index in [-0.39, 0.29) is 12.4 Å². The Bertz CT molecular complexity index is 378. The van der Waals surface area contributed by atoms with E-state index in [1.54, 1.807) is 6.07 Å². The maximum absolute atomic E-state index is 8.97. The number of pyridine rings is 1. The molecule has 0 aliphatic heterocycles. The van der Waals surface area contributed by atoms with Crippen LogP contribution < -0.4 is 10.6 Å². The molecule has 5 nitrogen and oxygen atoms in total. The number of aliphatic hydroxyl groups is 1. The number of nitrogens with one attached hydrogen (secondary N) is 1. The highest BCUT2D eigenvalue weighted by Crippen LogP contribution is 2.17. The van der Waals surface area contributed by atoms with Gasteiger partial charge in [-0.3, -0.25) is 5.41 Å². The number of aromatic nitrogens is 1. The first kappa shape index (κ1) is 12.4. The van der Waals surface area contributed by atoms with Gasteiger partial charge in [-0.05, 0) is 26.0 Å². The van der Waals surface area contributed by atoms with Gasteiger partial charge in [0.25, 0.3) is 0 Å². The molecule has 1 aromatic heterocycles. The SMILES string of the molecule is CCN(CCO)c1nc(C)ccc1C(=N)N. The summed E-state index contributed by atoms with van der Waals surface area (Å²) in [5.41, 5.74) is 6.99. The third-order valence-electron chi connectivity index (χ3n) is 2.36. The Kier molecular flexibility index (Phi) is 4.25. The Morgan fingerprint density at radius 3 is 2.75 bits per heavy atom. The van der Waals surface area contributed by atoms with Crippen LogP contribution in [0.4, 0.5) is 5.82 Å². The van der Waals surface area contributed by atoms with Crippen molar-refractivity contribution in [3.05, 3.63) is 23.4 Å². The van der Waals surface area contributed by atoms with Crippen molar-refractivity contribution in [2.45, 2.75) is 13.8 Å². The number of hydrogen-bond acceptors (Lipinski definition) is 4. The molecule has 4 N–H and O–H groups in total. The van der Waals surface area contributed by atoms with E-state index in [1.165, 1.54) is 0 Å². The summed E-state index contributed by atoms with van der Waals surface area (Å²) in [6.07, 6.45) is 0. The smallest absolute Gasteiger partial charge is 0.139 e. The first-order valence-electron chi connectivity index (χ1n) is 5.28. The average Bonchev–Trinajstić information content (AvgIpc) is 2.25. The molecule has 1 rings (SSSR count). The normalized spacial score (nSPS) is 10.2. The minimum atomic E-state index is -0.00103. The van der Waals surface area contributed by atoms with Crippen LogP contribution in [0.25, 0.3) is 0 Å². The molecule has 5 heteroatoms. The Morgan fingerprint density at radius 1 is 1.56 bits per heavy atom. The number of nitrogens with two attached hydrogens (primary N) is 1. The molecule has 0 amide bonds. The van der Waals surface area contributed by atoms with Gasteiger partial charge in [0.05, 0.1) is 12.2 Å². The minimum absolute atomic E-state index is 0.00103. The third-order valence-corrected chi connectivity index (χ3v) is 2.36. The second-order valence-electron chi connectivity index (χ2n) is 3.54. The number of likely N-dealkylation sites (N-methyl/N-ethyl adjacent to an activating group) is 1. The summed E-state index contributed by atoms with van der Waals surface area (Å²) in [5, 5.41) is 16.5. The van der Waals surface area contributed by atoms with Gasteiger partial charge in [0, 0.05) is 18.8 Å². The molecule has 0 radical (unpaired) electrons. The van der Waals surface area contributed by atoms with Crippen molar-refractivity contribution in [1.82, 2.24) is 4.98 Å². The monoisotopic (exact) mass is 222 g/mol. The van der Waals surface area contributed by atoms with E-state index in [0.717, 1.165) is 12.2 Å². The summed E-state index contributed by atoms with van der Waals surface area (Å²) < 4.78 is 0. The average molecular weight is 222 g/mol. The highest BCUT2D eigenvalue weighted by Gasteiger charge is 2.13. The molecule has 0 bridgehead atoms. The second-order valence-corrected chi connectivity index (χ2v) is 3.54. The molecule has 0 saturated carbocycles. The molecule has 88 valence electrons. The topological polar surface area (TPSA) is 86.2 Å². The number of hydrogen-bond donors (Lipinski definition) is 3. The molecule has 0 unspecified atom stereocenters. The summed E-state index contributed by atoms with van der Waals surface area (Å²) >= 11 is 0. The van der Waals surface area contributed by atoms with Crippen molar-refractivity contribution in [3.8, 4) is 0 Å². The molecule has 1 aromatic rings. The molecule has 0 aliphatic rings. The van der Waals surface area contributed by atoms with Crippen LogP contribution in [0.15, 0.2) is 12.1 Å². The lowest BCUT2D eigenvalue weighted by molar-refractivity contribution is 0.302. The summed E-state index contributed by atoms with van der Waals surface area (Å²) in [4.78, 5) is 6.28. The van der Waals surface area contributed by atoms with Crippen LogP contribution in [0.1, 0.15) is 18.2 Å². The fourth-order valence-corrected chi connectivity index (χ4v) is 1.53. The highest BCUT2D eigenvalue weighted by atomic mass is 16.3. The Labute approximate surface area is 95.4 Å². The zero-order valence-corrected chi connectivity index (χ0v) is 9.70. The third kappa shape index (κ3) is 2.70. The fraction of sp³-hybridized carbons (Fsp3) is 0.455. The van der Waals surface area contributed by atoms with Gasteiger partial charge in [0.2, 0.25) is 0 Å². The zero-order chi connectivity index (χ0) is 12.1. The van der Waals surface area contributed by atoms with Crippen molar-refractivity contribution in [1.29, 1.82) is 5.41 Å². The van der Waals surface area contributed by atoms with Gasteiger partial charge in [-0.2, -0.15) is 0 Å². The first-order chi connectivity index (χ1) is 7.60. The van der Waals surface area contributed by atoms with Crippen LogP contribution in [0.2, 0.25) is 0 Å². The molecule has 1 heterocycles. The van der Waals surface area contributed by atoms with Gasteiger partial charge < -0.3 is 15.7 Å². The quantitative estimate of drug-likeness (QED) is 0.500. The molecule has 0 aromatic carbocycles. The van der Waals surface area contributed by atoms with Crippen molar-refractivity contribution in [2.24, 2.45) is 5.73 Å². The lowest BCUT2D eigenvalue weighted by Crippen LogP contribution is -2.30. The van der Waals surface area contributed by atoms with E-state index >= 15 is 0 Å². The van der Waals surface area contributed by atoms with Crippen LogP contribution in [-0.4, -0.2) is 35.6 Å². The molecule has 16 heavy (non-hydrogen) atoms. The van der Waals surface area contributed by atoms with Gasteiger partial charge in [-0.1, -0.05) is 0 Å². The first-order valence-corrected chi connectivity index (χ1v) is 5.28. The predicted octanol–water partition coefficient (Wildman–Crippen LogP) is 0.493. The number of aliphatic hydroxyl groups excluding tert-OH is 1. The van der Waals surface area contributed by atoms with E-state index in [4.69, 9.17) is 16.2 Å². The zero-order valence-electron chi connectivity index (χ0n) is 9.70. The number of amidine groups is 1. The molecule has 0 atom stereocenters. The van der Waals surface area contributed by atoms with Gasteiger partial charge in [-0.25, -0.2) is 4.98 Å². The van der Waals surface area contributed by atoms with Gasteiger partial charge >= 0.3 is 0 Å². The molecule has 0 saturated heterocycles. The minimum Gasteiger partial charge on any atom is -0.395 e. The summed E-state index contributed by atoms with van der Waals surface area (Å²) in [7, 11) is 0. The number of nitrogens with zero attached hydrogens (tertiary/aromatic N) is 2. The van der Waals surface area contributed by atoms with Crippen LogP contribution in [0, 0.1) is 12.3 Å². The summed E-state index contributed by atoms with van der Waals surface area (Å²) in [5.74, 6) is 0.669. The van der Waals surface area contributed by atoms with Crippen LogP contribution in [0.5, 0.6) is 0 Å². The van der Waals surface area contributed by atoms with Crippen molar-refractivity contribution < 1.29 is 5.11 Å². The molecule has 0 fully saturated rings. The van der Waals surface area contributed by atoms with E-state index in [2.05, 4.69) is 4.98 Å². The summed E-state index contributed by atoms with van der Waals surface area (Å²) in [6, 6.07) is 3.62. The maximum atomic E-state index is 8.97. The van der Waals surface area contributed by atoms with Crippen molar-refractivity contribution in [2.75, 3.05) is 24.6 Å². The number of nitrogen functional groups attached to an aromatic ring is 1. The lowest BCUT2D eigenvalue weighted by atomic mass is 10.2. The molecule has 0 aliphatic carbocycles. The second kappa shape index (κ2) is 5.46. The standard InChI is InChI=1S/C11H18N4O/c1-3-15(6-7-16)11-9(10(12)13)5-4-8(2)14-11/h4-5,16H,3,6-7H2,1-2H3,(H3,12,13). The summed E-state index contributed by atoms with van der Waals surface area (Å²) in [6.45, 7) is 5.13. The number of aryl methyl sites for hydroxylation is 1. The van der Waals surface area contributed by atoms with Gasteiger partial charge in [0.15, 0.2) is 0 Å². The van der Waals surface area contributed by atoms with E-state index in [0.29, 0.717) is 17.9 Å². The number of anilines is 1. The van der Waals surface area contributed by atoms with E-state index in [1.807, 2.05) is 24.8 Å². The maximum Gasteiger partial charge on any atom is 0.139 e. The van der Waals surface area contributed by atoms with Crippen LogP contribution in [-0.2, 0) is 0 Å². The Hall–Kier alpha value is -1.62. The van der Waals surface area contributed by atoms with Crippen molar-refractivity contribution >= 4 is 11.7 Å². The van der Waals surface area contributed by atoms with Crippen molar-refractivity contribution in [3.63, 3.8) is 0 Å². The fourth-order valence-electron chi connectivity index (χ4n) is 1.53. The largest absolute Gasteiger partial charge is 0.395 e. The van der Waals surface area contributed by atoms with E-state index in [9.17, 15) is 0 Å². The molecule has 0 spiro atoms. The Balaban J connectivity index is 3.16. The molecular formula is C11H18N4O. The lowest BCUT2D eigenvalue weighted by Gasteiger charge is -2.23. The number of rotatable bonds is 5. The van der Waals surface area contributed by atoms with E-state index < -0.39 is 0 Å². The van der Waals surface area contributed by atoms with Crippen LogP contribution in [0.3, 0.4) is 0 Å². The highest BCUT2D eigenvalue weighted by molar-refractivity contribution is 5.99. The Morgan fingerprint density at radius 2 is 2.25 bits per heavy atom. The van der Waals surface area contributed by atoms with Crippen LogP contribution >= 0.6 is 0 Å². The van der Waals surface area contributed by atoms with Gasteiger partial charge in [-0.15, -0.1) is 0 Å². The predicted molar refractivity (Wildman–Crippen MR) is 65.0 cm³/mol.